The molecule has 1 saturated carbocycles. The molecule has 6 nitrogen and oxygen atoms in total. The average molecular weight is 451 g/mol. The van der Waals surface area contributed by atoms with Gasteiger partial charge in [-0.3, -0.25) is 9.36 Å². The second kappa shape index (κ2) is 8.06. The molecule has 1 aliphatic heterocycles. The summed E-state index contributed by atoms with van der Waals surface area (Å²) in [6.45, 7) is 5.66. The zero-order chi connectivity index (χ0) is 21.6. The lowest BCUT2D eigenvalue weighted by Crippen LogP contribution is -2.49. The number of hydrogen-bond acceptors (Lipinski definition) is 5. The molecule has 1 saturated heterocycles. The van der Waals surface area contributed by atoms with Gasteiger partial charge in [0.15, 0.2) is 5.82 Å². The Balaban J connectivity index is 1.69. The first-order valence-corrected chi connectivity index (χ1v) is 11.2. The van der Waals surface area contributed by atoms with Gasteiger partial charge in [0.25, 0.3) is 0 Å². The van der Waals surface area contributed by atoms with E-state index in [2.05, 4.69) is 11.8 Å². The number of aryl methyl sites for hydroxylation is 1. The predicted molar refractivity (Wildman–Crippen MR) is 121 cm³/mol. The maximum Gasteiger partial charge on any atom is 0.302 e. The van der Waals surface area contributed by atoms with Crippen LogP contribution in [0.2, 0.25) is 10.0 Å². The van der Waals surface area contributed by atoms with E-state index in [-0.39, 0.29) is 22.8 Å². The van der Waals surface area contributed by atoms with Gasteiger partial charge in [0.05, 0.1) is 22.8 Å². The molecule has 2 N–H and O–H groups in total. The lowest BCUT2D eigenvalue weighted by atomic mass is 9.73. The lowest BCUT2D eigenvalue weighted by Gasteiger charge is -2.43. The number of hydrogen-bond donors (Lipinski definition) is 1. The summed E-state index contributed by atoms with van der Waals surface area (Å²) in [7, 11) is 1.50. The number of nitrogens with zero attached hydrogens (tertiary/aromatic N) is 3. The first kappa shape index (κ1) is 21.5. The van der Waals surface area contributed by atoms with Gasteiger partial charge in [-0.2, -0.15) is 0 Å². The fourth-order valence-corrected chi connectivity index (χ4v) is 5.53. The van der Waals surface area contributed by atoms with Crippen molar-refractivity contribution in [1.29, 1.82) is 0 Å². The van der Waals surface area contributed by atoms with E-state index in [4.69, 9.17) is 38.7 Å². The third kappa shape index (κ3) is 3.39. The molecule has 2 aromatic rings. The van der Waals surface area contributed by atoms with Crippen LogP contribution in [0, 0.1) is 18.3 Å². The van der Waals surface area contributed by atoms with Crippen LogP contribution in [-0.2, 0) is 0 Å². The molecule has 2 fully saturated rings. The molecule has 2 heterocycles. The van der Waals surface area contributed by atoms with Crippen molar-refractivity contribution in [2.24, 2.45) is 17.1 Å². The van der Waals surface area contributed by atoms with E-state index in [1.165, 1.54) is 24.5 Å². The fraction of sp³-hybridized carbons (Fsp3) is 0.545. The first-order valence-electron chi connectivity index (χ1n) is 10.4. The summed E-state index contributed by atoms with van der Waals surface area (Å²) in [5.74, 6) is 1.91. The van der Waals surface area contributed by atoms with Crippen LogP contribution in [0.4, 0.5) is 5.82 Å². The largest absolute Gasteiger partial charge is 0.488 e. The number of halogens is 2. The number of anilines is 1. The van der Waals surface area contributed by atoms with Gasteiger partial charge in [0.2, 0.25) is 5.75 Å². The second-order valence-corrected chi connectivity index (χ2v) is 9.41. The highest BCUT2D eigenvalue weighted by Gasteiger charge is 2.46. The summed E-state index contributed by atoms with van der Waals surface area (Å²) in [5, 5.41) is 0.692. The van der Waals surface area contributed by atoms with E-state index < -0.39 is 0 Å². The highest BCUT2D eigenvalue weighted by Crippen LogP contribution is 2.48. The molecule has 0 radical (unpaired) electrons. The first-order chi connectivity index (χ1) is 14.3. The molecule has 162 valence electrons. The van der Waals surface area contributed by atoms with Crippen molar-refractivity contribution in [3.8, 4) is 11.4 Å². The van der Waals surface area contributed by atoms with Crippen LogP contribution >= 0.6 is 23.2 Å². The third-order valence-electron chi connectivity index (χ3n) is 7.04. The lowest BCUT2D eigenvalue weighted by molar-refractivity contribution is 0.185. The van der Waals surface area contributed by atoms with Crippen LogP contribution in [0.1, 0.15) is 38.4 Å². The minimum atomic E-state index is -0.296. The van der Waals surface area contributed by atoms with Crippen molar-refractivity contribution in [3.05, 3.63) is 44.4 Å². The molecule has 30 heavy (non-hydrogen) atoms. The standard InChI is InChI=1S/C22H28Cl2N4O2/c1-13-7-8-22(19(13)25)9-11-27(12-10-22)20-18(30-3)21(29)28(14(2)26-20)16-6-4-5-15(23)17(16)24/h4-6,13,19H,7-12,25H2,1-3H3/t13-,19-/m1/s1. The van der Waals surface area contributed by atoms with Crippen molar-refractivity contribution in [2.45, 2.75) is 45.6 Å². The number of nitrogens with two attached hydrogens (primary N) is 1. The maximum atomic E-state index is 13.3. The number of benzene rings is 1. The molecule has 0 amide bonds. The molecule has 8 heteroatoms. The van der Waals surface area contributed by atoms with E-state index in [9.17, 15) is 4.79 Å². The zero-order valence-corrected chi connectivity index (χ0v) is 19.1. The molecule has 1 aromatic carbocycles. The number of piperidine rings is 1. The normalized spacial score (nSPS) is 23.2. The summed E-state index contributed by atoms with van der Waals surface area (Å²) >= 11 is 12.5. The molecule has 1 spiro atoms. The van der Waals surface area contributed by atoms with Crippen LogP contribution in [0.3, 0.4) is 0 Å². The van der Waals surface area contributed by atoms with Crippen LogP contribution < -0.4 is 20.9 Å². The topological polar surface area (TPSA) is 73.4 Å². The van der Waals surface area contributed by atoms with E-state index in [1.807, 2.05) is 0 Å². The average Bonchev–Trinajstić information content (AvgIpc) is 3.00. The van der Waals surface area contributed by atoms with Crippen molar-refractivity contribution < 1.29 is 4.74 Å². The van der Waals surface area contributed by atoms with Gasteiger partial charge in [0, 0.05) is 19.1 Å². The fourth-order valence-electron chi connectivity index (χ4n) is 5.15. The summed E-state index contributed by atoms with van der Waals surface area (Å²) in [6, 6.07) is 5.43. The van der Waals surface area contributed by atoms with E-state index >= 15 is 0 Å². The quantitative estimate of drug-likeness (QED) is 0.757. The van der Waals surface area contributed by atoms with Crippen LogP contribution in [0.25, 0.3) is 5.69 Å². The van der Waals surface area contributed by atoms with E-state index in [0.29, 0.717) is 33.3 Å². The summed E-state index contributed by atoms with van der Waals surface area (Å²) in [6.07, 6.45) is 4.39. The maximum absolute atomic E-state index is 13.3. The minimum Gasteiger partial charge on any atom is -0.488 e. The molecule has 0 unspecified atom stereocenters. The predicted octanol–water partition coefficient (Wildman–Crippen LogP) is 4.20. The molecule has 1 aromatic heterocycles. The Morgan fingerprint density at radius 1 is 1.23 bits per heavy atom. The Labute approximate surface area is 186 Å². The van der Waals surface area contributed by atoms with Crippen molar-refractivity contribution in [3.63, 3.8) is 0 Å². The molecule has 0 bridgehead atoms. The van der Waals surface area contributed by atoms with Gasteiger partial charge in [-0.1, -0.05) is 36.2 Å². The third-order valence-corrected chi connectivity index (χ3v) is 7.85. The van der Waals surface area contributed by atoms with E-state index in [0.717, 1.165) is 25.9 Å². The monoisotopic (exact) mass is 450 g/mol. The van der Waals surface area contributed by atoms with Gasteiger partial charge in [0.1, 0.15) is 5.82 Å². The minimum absolute atomic E-state index is 0.210. The SMILES string of the molecule is COc1c(N2CCC3(CC[C@@H](C)[C@H]3N)CC2)nc(C)n(-c2cccc(Cl)c2Cl)c1=O. The number of ether oxygens (including phenoxy) is 1. The highest BCUT2D eigenvalue weighted by atomic mass is 35.5. The number of methoxy groups -OCH3 is 1. The van der Waals surface area contributed by atoms with Crippen LogP contribution in [0.5, 0.6) is 5.75 Å². The second-order valence-electron chi connectivity index (χ2n) is 8.62. The number of rotatable bonds is 3. The Hall–Kier alpha value is -1.76. The highest BCUT2D eigenvalue weighted by molar-refractivity contribution is 6.43. The van der Waals surface area contributed by atoms with Gasteiger partial charge in [-0.15, -0.1) is 0 Å². The van der Waals surface area contributed by atoms with Crippen molar-refractivity contribution >= 4 is 29.0 Å². The Bertz CT molecular complexity index is 1010. The number of aromatic nitrogens is 2. The summed E-state index contributed by atoms with van der Waals surface area (Å²) in [4.78, 5) is 20.2. The molecular formula is C22H28Cl2N4O2. The molecule has 2 atom stereocenters. The Morgan fingerprint density at radius 2 is 1.93 bits per heavy atom. The molecular weight excluding hydrogens is 423 g/mol. The van der Waals surface area contributed by atoms with Gasteiger partial charge in [-0.05, 0) is 56.1 Å². The summed E-state index contributed by atoms with van der Waals surface area (Å²) in [5.41, 5.74) is 6.96. The van der Waals surface area contributed by atoms with Crippen LogP contribution in [-0.4, -0.2) is 35.8 Å². The van der Waals surface area contributed by atoms with Crippen molar-refractivity contribution in [1.82, 2.24) is 9.55 Å². The smallest absolute Gasteiger partial charge is 0.302 e. The Kier molecular flexibility index (Phi) is 5.77. The molecule has 4 rings (SSSR count). The molecule has 2 aliphatic rings. The van der Waals surface area contributed by atoms with Crippen molar-refractivity contribution in [2.75, 3.05) is 25.1 Å². The molecule has 1 aliphatic carbocycles. The Morgan fingerprint density at radius 3 is 2.53 bits per heavy atom. The van der Waals surface area contributed by atoms with Gasteiger partial charge in [-0.25, -0.2) is 4.98 Å². The van der Waals surface area contributed by atoms with Gasteiger partial charge >= 0.3 is 5.56 Å². The van der Waals surface area contributed by atoms with Gasteiger partial charge < -0.3 is 15.4 Å². The van der Waals surface area contributed by atoms with E-state index in [1.54, 1.807) is 25.1 Å². The van der Waals surface area contributed by atoms with Crippen LogP contribution in [0.15, 0.2) is 23.0 Å². The zero-order valence-electron chi connectivity index (χ0n) is 17.6. The summed E-state index contributed by atoms with van der Waals surface area (Å²) < 4.78 is 6.99.